The highest BCUT2D eigenvalue weighted by molar-refractivity contribution is 5.48. The second-order valence-corrected chi connectivity index (χ2v) is 2.34. The average Bonchev–Trinajstić information content (AvgIpc) is 1.89. The molecule has 51 valence electrons. The second-order valence-electron chi connectivity index (χ2n) is 2.34. The van der Waals surface area contributed by atoms with Crippen molar-refractivity contribution in [3.05, 3.63) is 0 Å². The molecule has 9 heavy (non-hydrogen) atoms. The van der Waals surface area contributed by atoms with Gasteiger partial charge >= 0.3 is 6.41 Å². The number of carbonyl (C=O) groups excluding carboxylic acids is 1. The van der Waals surface area contributed by atoms with Crippen LogP contribution in [0.25, 0.3) is 0 Å². The van der Waals surface area contributed by atoms with E-state index in [1.54, 1.807) is 4.90 Å². The molecule has 1 aliphatic heterocycles. The lowest BCUT2D eigenvalue weighted by Crippen LogP contribution is -2.48. The van der Waals surface area contributed by atoms with Crippen LogP contribution in [0.3, 0.4) is 0 Å². The molecule has 1 heterocycles. The highest BCUT2D eigenvalue weighted by Gasteiger charge is 2.15. The first-order valence-electron chi connectivity index (χ1n) is 3.19. The van der Waals surface area contributed by atoms with Gasteiger partial charge in [0.15, 0.2) is 0 Å². The normalized spacial score (nSPS) is 28.1. The zero-order valence-electron chi connectivity index (χ0n) is 5.55. The molecule has 0 bridgehead atoms. The third kappa shape index (κ3) is 1.42. The number of rotatable bonds is 1. The molecule has 0 aromatic carbocycles. The Balaban J connectivity index is 2.38. The molecule has 1 N–H and O–H groups in total. The Morgan fingerprint density at radius 2 is 2.56 bits per heavy atom. The molecule has 1 amide bonds. The Morgan fingerprint density at radius 1 is 1.78 bits per heavy atom. The van der Waals surface area contributed by atoms with Gasteiger partial charge < -0.3 is 10.2 Å². The van der Waals surface area contributed by atoms with Crippen molar-refractivity contribution in [3.63, 3.8) is 0 Å². The van der Waals surface area contributed by atoms with E-state index in [2.05, 4.69) is 5.32 Å². The van der Waals surface area contributed by atoms with E-state index in [4.69, 9.17) is 0 Å². The Kier molecular flexibility index (Phi) is 2.05. The maximum Gasteiger partial charge on any atom is 0.312 e. The zero-order valence-corrected chi connectivity index (χ0v) is 5.55. The molecular formula is C6H11N2O. The quantitative estimate of drug-likeness (QED) is 0.507. The van der Waals surface area contributed by atoms with Crippen molar-refractivity contribution in [3.8, 4) is 0 Å². The molecule has 0 aromatic heterocycles. The van der Waals surface area contributed by atoms with Crippen LogP contribution in [0.1, 0.15) is 6.92 Å². The summed E-state index contributed by atoms with van der Waals surface area (Å²) in [7, 11) is 0. The van der Waals surface area contributed by atoms with Crippen molar-refractivity contribution in [2.75, 3.05) is 19.6 Å². The highest BCUT2D eigenvalue weighted by atomic mass is 16.1. The first-order valence-corrected chi connectivity index (χ1v) is 3.19. The smallest absolute Gasteiger partial charge is 0.312 e. The second kappa shape index (κ2) is 2.82. The maximum atomic E-state index is 10.1. The Bertz CT molecular complexity index is 105. The Hall–Kier alpha value is -0.570. The minimum absolute atomic E-state index is 0.316. The fraction of sp³-hybridized carbons (Fsp3) is 0.833. The third-order valence-electron chi connectivity index (χ3n) is 1.62. The van der Waals surface area contributed by atoms with Gasteiger partial charge in [0.1, 0.15) is 0 Å². The van der Waals surface area contributed by atoms with Gasteiger partial charge in [-0.05, 0) is 6.92 Å². The third-order valence-corrected chi connectivity index (χ3v) is 1.62. The first-order chi connectivity index (χ1) is 4.34. The molecule has 1 aliphatic rings. The Labute approximate surface area is 55.0 Å². The van der Waals surface area contributed by atoms with Crippen LogP contribution in [-0.4, -0.2) is 37.0 Å². The van der Waals surface area contributed by atoms with E-state index >= 15 is 0 Å². The molecule has 1 radical (unpaired) electrons. The van der Waals surface area contributed by atoms with Gasteiger partial charge in [0, 0.05) is 25.7 Å². The summed E-state index contributed by atoms with van der Waals surface area (Å²) < 4.78 is 0. The fourth-order valence-electron chi connectivity index (χ4n) is 0.977. The van der Waals surface area contributed by atoms with Gasteiger partial charge in [-0.1, -0.05) is 0 Å². The summed E-state index contributed by atoms with van der Waals surface area (Å²) in [6.45, 7) is 4.61. The van der Waals surface area contributed by atoms with Gasteiger partial charge in [0.25, 0.3) is 0 Å². The molecule has 3 nitrogen and oxygen atoms in total. The lowest BCUT2D eigenvalue weighted by atomic mass is 10.2. The molecule has 1 atom stereocenters. The molecule has 1 unspecified atom stereocenters. The van der Waals surface area contributed by atoms with Gasteiger partial charge in [-0.25, -0.2) is 0 Å². The number of hydrogen-bond acceptors (Lipinski definition) is 2. The van der Waals surface area contributed by atoms with Crippen LogP contribution in [-0.2, 0) is 4.79 Å². The molecule has 0 spiro atoms. The average molecular weight is 127 g/mol. The predicted octanol–water partition coefficient (Wildman–Crippen LogP) is -0.653. The van der Waals surface area contributed by atoms with Crippen LogP contribution in [0.5, 0.6) is 0 Å². The summed E-state index contributed by atoms with van der Waals surface area (Å²) in [5.41, 5.74) is 0. The monoisotopic (exact) mass is 127 g/mol. The zero-order chi connectivity index (χ0) is 6.69. The van der Waals surface area contributed by atoms with Crippen molar-refractivity contribution in [2.45, 2.75) is 13.0 Å². The van der Waals surface area contributed by atoms with Gasteiger partial charge in [0.05, 0.1) is 0 Å². The number of amides is 1. The highest BCUT2D eigenvalue weighted by Crippen LogP contribution is 1.96. The minimum atomic E-state index is 0.316. The number of piperazine rings is 1. The van der Waals surface area contributed by atoms with Crippen molar-refractivity contribution in [2.24, 2.45) is 0 Å². The summed E-state index contributed by atoms with van der Waals surface area (Å²) in [5.74, 6) is 0. The molecule has 1 rings (SSSR count). The van der Waals surface area contributed by atoms with E-state index in [0.717, 1.165) is 19.6 Å². The van der Waals surface area contributed by atoms with Crippen LogP contribution in [0.4, 0.5) is 0 Å². The summed E-state index contributed by atoms with van der Waals surface area (Å²) in [4.78, 5) is 11.8. The molecule has 0 aliphatic carbocycles. The fourth-order valence-corrected chi connectivity index (χ4v) is 0.977. The first kappa shape index (κ1) is 6.55. The molecule has 0 saturated carbocycles. The van der Waals surface area contributed by atoms with E-state index in [9.17, 15) is 4.79 Å². The summed E-state index contributed by atoms with van der Waals surface area (Å²) in [6.07, 6.45) is 1.90. The summed E-state index contributed by atoms with van der Waals surface area (Å²) in [5, 5.41) is 3.18. The van der Waals surface area contributed by atoms with Crippen molar-refractivity contribution in [1.82, 2.24) is 10.2 Å². The van der Waals surface area contributed by atoms with Gasteiger partial charge in [0.2, 0.25) is 0 Å². The van der Waals surface area contributed by atoms with E-state index in [1.807, 2.05) is 13.3 Å². The number of nitrogens with one attached hydrogen (secondary N) is 1. The predicted molar refractivity (Wildman–Crippen MR) is 34.7 cm³/mol. The van der Waals surface area contributed by atoms with E-state index < -0.39 is 0 Å². The standard InChI is InChI=1S/C6H11N2O/c1-6-4-7-2-3-8(6)5-9/h6-7H,2-4H2,1H3. The summed E-state index contributed by atoms with van der Waals surface area (Å²) in [6, 6.07) is 0.316. The lowest BCUT2D eigenvalue weighted by molar-refractivity contribution is 0.261. The molecular weight excluding hydrogens is 116 g/mol. The number of hydrogen-bond donors (Lipinski definition) is 1. The molecule has 0 aromatic rings. The molecule has 1 fully saturated rings. The van der Waals surface area contributed by atoms with E-state index in [1.165, 1.54) is 0 Å². The van der Waals surface area contributed by atoms with Crippen LogP contribution in [0.2, 0.25) is 0 Å². The van der Waals surface area contributed by atoms with Gasteiger partial charge in [-0.3, -0.25) is 4.79 Å². The van der Waals surface area contributed by atoms with Crippen molar-refractivity contribution < 1.29 is 4.79 Å². The van der Waals surface area contributed by atoms with Gasteiger partial charge in [-0.2, -0.15) is 0 Å². The molecule has 3 heteroatoms. The maximum absolute atomic E-state index is 10.1. The topological polar surface area (TPSA) is 32.3 Å². The molecule has 1 saturated heterocycles. The van der Waals surface area contributed by atoms with Crippen molar-refractivity contribution in [1.29, 1.82) is 0 Å². The van der Waals surface area contributed by atoms with Crippen molar-refractivity contribution >= 4 is 6.41 Å². The van der Waals surface area contributed by atoms with Crippen LogP contribution < -0.4 is 5.32 Å². The van der Waals surface area contributed by atoms with Crippen LogP contribution in [0, 0.1) is 0 Å². The lowest BCUT2D eigenvalue weighted by Gasteiger charge is -2.29. The van der Waals surface area contributed by atoms with E-state index in [-0.39, 0.29) is 0 Å². The summed E-state index contributed by atoms with van der Waals surface area (Å²) >= 11 is 0. The van der Waals surface area contributed by atoms with Crippen LogP contribution in [0.15, 0.2) is 0 Å². The Morgan fingerprint density at radius 3 is 3.00 bits per heavy atom. The van der Waals surface area contributed by atoms with Gasteiger partial charge in [-0.15, -0.1) is 0 Å². The SMILES string of the molecule is CC1CNCCN1[C]=O. The van der Waals surface area contributed by atoms with Crippen LogP contribution >= 0.6 is 0 Å². The van der Waals surface area contributed by atoms with E-state index in [0.29, 0.717) is 6.04 Å². The minimum Gasteiger partial charge on any atom is -0.329 e. The largest absolute Gasteiger partial charge is 0.329 e. The number of nitrogens with zero attached hydrogens (tertiary/aromatic N) is 1.